The highest BCUT2D eigenvalue weighted by molar-refractivity contribution is 5.75. The number of rotatable bonds is 7. The van der Waals surface area contributed by atoms with Gasteiger partial charge in [0.15, 0.2) is 0 Å². The monoisotopic (exact) mass is 386 g/mol. The number of nitrogens with zero attached hydrogens (tertiary/aromatic N) is 2. The topological polar surface area (TPSA) is 61.6 Å². The zero-order valence-corrected chi connectivity index (χ0v) is 17.5. The molecule has 2 aliphatic heterocycles. The number of piperidine rings is 1. The van der Waals surface area contributed by atoms with Crippen LogP contribution >= 0.6 is 0 Å². The van der Waals surface area contributed by atoms with Gasteiger partial charge in [-0.05, 0) is 74.6 Å². The highest BCUT2D eigenvalue weighted by atomic mass is 16.2. The van der Waals surface area contributed by atoms with E-state index >= 15 is 0 Å². The molecule has 3 N–H and O–H groups in total. The number of hydrazine groups is 1. The summed E-state index contributed by atoms with van der Waals surface area (Å²) in [6.45, 7) is 6.40. The third-order valence-electron chi connectivity index (χ3n) is 6.46. The van der Waals surface area contributed by atoms with Gasteiger partial charge in [0.05, 0.1) is 0 Å². The van der Waals surface area contributed by atoms with Crippen molar-refractivity contribution in [3.05, 3.63) is 24.3 Å². The Labute approximate surface area is 170 Å². The van der Waals surface area contributed by atoms with Gasteiger partial charge in [-0.2, -0.15) is 0 Å². The summed E-state index contributed by atoms with van der Waals surface area (Å²) in [5, 5.41) is 2.16. The molecular formula is C23H38N4O. The number of nitrogens with one attached hydrogen (secondary N) is 1. The molecule has 1 amide bonds. The largest absolute Gasteiger partial charge is 0.399 e. The quantitative estimate of drug-likeness (QED) is 0.690. The third kappa shape index (κ3) is 6.40. The molecule has 0 bridgehead atoms. The highest BCUT2D eigenvalue weighted by Gasteiger charge is 2.22. The number of nitrogen functional groups attached to an aromatic ring is 1. The van der Waals surface area contributed by atoms with Crippen molar-refractivity contribution < 1.29 is 4.79 Å². The fourth-order valence-corrected chi connectivity index (χ4v) is 4.66. The number of nitrogens with two attached hydrogens (primary N) is 1. The lowest BCUT2D eigenvalue weighted by Crippen LogP contribution is -2.42. The van der Waals surface area contributed by atoms with Crippen molar-refractivity contribution in [1.29, 1.82) is 0 Å². The van der Waals surface area contributed by atoms with Gasteiger partial charge in [0.25, 0.3) is 0 Å². The summed E-state index contributed by atoms with van der Waals surface area (Å²) in [7, 11) is 0. The van der Waals surface area contributed by atoms with E-state index in [4.69, 9.17) is 5.73 Å². The van der Waals surface area contributed by atoms with Gasteiger partial charge < -0.3 is 10.6 Å². The van der Waals surface area contributed by atoms with Gasteiger partial charge in [-0.3, -0.25) is 10.2 Å². The smallest absolute Gasteiger partial charge is 0.234 e. The van der Waals surface area contributed by atoms with Crippen LogP contribution in [-0.4, -0.2) is 37.1 Å². The van der Waals surface area contributed by atoms with Crippen molar-refractivity contribution in [2.45, 2.75) is 64.7 Å². The van der Waals surface area contributed by atoms with E-state index in [0.29, 0.717) is 6.42 Å². The number of benzene rings is 1. The molecule has 1 aromatic rings. The molecule has 0 spiro atoms. The molecule has 5 heteroatoms. The predicted octanol–water partition coefficient (Wildman–Crippen LogP) is 4.20. The molecule has 0 aromatic heterocycles. The fraction of sp³-hybridized carbons (Fsp3) is 0.696. The predicted molar refractivity (Wildman–Crippen MR) is 117 cm³/mol. The average molecular weight is 387 g/mol. The van der Waals surface area contributed by atoms with Gasteiger partial charge in [-0.15, -0.1) is 0 Å². The zero-order valence-electron chi connectivity index (χ0n) is 17.5. The van der Waals surface area contributed by atoms with Crippen LogP contribution in [0.3, 0.4) is 0 Å². The number of anilines is 2. The van der Waals surface area contributed by atoms with Crippen molar-refractivity contribution in [2.24, 2.45) is 11.8 Å². The van der Waals surface area contributed by atoms with Crippen molar-refractivity contribution in [3.63, 3.8) is 0 Å². The van der Waals surface area contributed by atoms with E-state index < -0.39 is 0 Å². The summed E-state index contributed by atoms with van der Waals surface area (Å²) < 4.78 is 0. The second-order valence-corrected chi connectivity index (χ2v) is 8.67. The lowest BCUT2D eigenvalue weighted by atomic mass is 9.86. The Morgan fingerprint density at radius 2 is 1.64 bits per heavy atom. The maximum absolute atomic E-state index is 11.8. The summed E-state index contributed by atoms with van der Waals surface area (Å²) in [6.07, 6.45) is 10.6. The first-order valence-electron chi connectivity index (χ1n) is 11.3. The SMILES string of the molecule is CCCC(=O)NN1CCCC(CCC2CCN(c3ccc(N)cc3)CC2)CC1. The molecule has 3 rings (SSSR count). The highest BCUT2D eigenvalue weighted by Crippen LogP contribution is 2.30. The van der Waals surface area contributed by atoms with E-state index in [0.717, 1.165) is 50.1 Å². The molecule has 2 fully saturated rings. The van der Waals surface area contributed by atoms with Crippen LogP contribution < -0.4 is 16.1 Å². The van der Waals surface area contributed by atoms with Gasteiger partial charge in [-0.25, -0.2) is 5.01 Å². The molecule has 1 aromatic carbocycles. The van der Waals surface area contributed by atoms with Crippen molar-refractivity contribution in [2.75, 3.05) is 36.8 Å². The van der Waals surface area contributed by atoms with Crippen LogP contribution in [0.4, 0.5) is 11.4 Å². The van der Waals surface area contributed by atoms with Crippen LogP contribution in [0.2, 0.25) is 0 Å². The Morgan fingerprint density at radius 1 is 1.00 bits per heavy atom. The van der Waals surface area contributed by atoms with E-state index in [9.17, 15) is 4.79 Å². The Morgan fingerprint density at radius 3 is 2.32 bits per heavy atom. The summed E-state index contributed by atoms with van der Waals surface area (Å²) in [5.74, 6) is 1.87. The van der Waals surface area contributed by atoms with Gasteiger partial charge in [0, 0.05) is 44.0 Å². The van der Waals surface area contributed by atoms with Gasteiger partial charge in [0.2, 0.25) is 5.91 Å². The maximum atomic E-state index is 11.8. The van der Waals surface area contributed by atoms with E-state index in [-0.39, 0.29) is 5.91 Å². The van der Waals surface area contributed by atoms with Crippen LogP contribution in [-0.2, 0) is 4.79 Å². The maximum Gasteiger partial charge on any atom is 0.234 e. The summed E-state index contributed by atoms with van der Waals surface area (Å²) in [6, 6.07) is 8.29. The average Bonchev–Trinajstić information content (AvgIpc) is 2.93. The summed E-state index contributed by atoms with van der Waals surface area (Å²) in [5.41, 5.74) is 11.0. The second-order valence-electron chi connectivity index (χ2n) is 8.67. The Balaban J connectivity index is 1.35. The fourth-order valence-electron chi connectivity index (χ4n) is 4.66. The van der Waals surface area contributed by atoms with E-state index in [2.05, 4.69) is 34.4 Å². The van der Waals surface area contributed by atoms with Crippen LogP contribution in [0, 0.1) is 11.8 Å². The Hall–Kier alpha value is -1.75. The molecule has 1 atom stereocenters. The van der Waals surface area contributed by atoms with Crippen LogP contribution in [0.15, 0.2) is 24.3 Å². The van der Waals surface area contributed by atoms with Crippen LogP contribution in [0.5, 0.6) is 0 Å². The first kappa shape index (κ1) is 21.0. The molecule has 28 heavy (non-hydrogen) atoms. The van der Waals surface area contributed by atoms with Crippen molar-refractivity contribution in [3.8, 4) is 0 Å². The number of hydrogen-bond donors (Lipinski definition) is 2. The zero-order chi connectivity index (χ0) is 19.8. The first-order chi connectivity index (χ1) is 13.6. The number of amides is 1. The van der Waals surface area contributed by atoms with Gasteiger partial charge >= 0.3 is 0 Å². The van der Waals surface area contributed by atoms with Crippen LogP contribution in [0.1, 0.15) is 64.7 Å². The van der Waals surface area contributed by atoms with Gasteiger partial charge in [0.1, 0.15) is 0 Å². The Kier molecular flexibility index (Phi) is 8.01. The normalized spacial score (nSPS) is 22.0. The number of hydrogen-bond acceptors (Lipinski definition) is 4. The number of carbonyl (C=O) groups excluding carboxylic acids is 1. The van der Waals surface area contributed by atoms with E-state index in [1.807, 2.05) is 12.1 Å². The third-order valence-corrected chi connectivity index (χ3v) is 6.46. The standard InChI is InChI=1S/C23H38N4O/c1-2-4-23(28)25-27-15-3-5-19(14-18-27)6-7-20-12-16-26(17-13-20)22-10-8-21(24)9-11-22/h8-11,19-20H,2-7,12-18,24H2,1H3,(H,25,28). The molecule has 2 heterocycles. The van der Waals surface area contributed by atoms with Crippen LogP contribution in [0.25, 0.3) is 0 Å². The van der Waals surface area contributed by atoms with Crippen molar-refractivity contribution in [1.82, 2.24) is 10.4 Å². The lowest BCUT2D eigenvalue weighted by Gasteiger charge is -2.34. The number of carbonyl (C=O) groups is 1. The second kappa shape index (κ2) is 10.7. The molecule has 156 valence electrons. The summed E-state index contributed by atoms with van der Waals surface area (Å²) >= 11 is 0. The molecule has 5 nitrogen and oxygen atoms in total. The van der Waals surface area contributed by atoms with Gasteiger partial charge in [-0.1, -0.05) is 19.8 Å². The van der Waals surface area contributed by atoms with Crippen molar-refractivity contribution >= 4 is 17.3 Å². The minimum absolute atomic E-state index is 0.175. The van der Waals surface area contributed by atoms with E-state index in [1.54, 1.807) is 0 Å². The van der Waals surface area contributed by atoms with E-state index in [1.165, 1.54) is 50.6 Å². The molecule has 2 saturated heterocycles. The minimum atomic E-state index is 0.175. The molecule has 0 aliphatic carbocycles. The molecular weight excluding hydrogens is 348 g/mol. The lowest BCUT2D eigenvalue weighted by molar-refractivity contribution is -0.125. The molecule has 0 saturated carbocycles. The molecule has 1 unspecified atom stereocenters. The molecule has 2 aliphatic rings. The Bertz CT molecular complexity index is 595. The minimum Gasteiger partial charge on any atom is -0.399 e. The molecule has 0 radical (unpaired) electrons. The first-order valence-corrected chi connectivity index (χ1v) is 11.3. The summed E-state index contributed by atoms with van der Waals surface area (Å²) in [4.78, 5) is 14.3.